The number of thioether (sulfide) groups is 1. The number of hydrogen-bond donors (Lipinski definition) is 1. The second-order valence-corrected chi connectivity index (χ2v) is 5.42. The molecule has 2 aromatic carbocycles. The van der Waals surface area contributed by atoms with Crippen molar-refractivity contribution < 1.29 is 9.47 Å². The highest BCUT2D eigenvalue weighted by atomic mass is 32.2. The quantitative estimate of drug-likeness (QED) is 0.582. The molecule has 4 heteroatoms. The van der Waals surface area contributed by atoms with Crippen LogP contribution in [0.4, 0.5) is 5.69 Å². The highest BCUT2D eigenvalue weighted by molar-refractivity contribution is 7.98. The fraction of sp³-hybridized carbons (Fsp3) is 0.294. The third-order valence-corrected chi connectivity index (χ3v) is 3.77. The number of methoxy groups -OCH3 is 1. The monoisotopic (exact) mass is 303 g/mol. The second-order valence-electron chi connectivity index (χ2n) is 4.54. The lowest BCUT2D eigenvalue weighted by atomic mass is 10.3. The maximum Gasteiger partial charge on any atom is 0.119 e. The second kappa shape index (κ2) is 8.47. The van der Waals surface area contributed by atoms with Crippen LogP contribution in [0, 0.1) is 0 Å². The lowest BCUT2D eigenvalue weighted by Crippen LogP contribution is -2.07. The average molecular weight is 303 g/mol. The van der Waals surface area contributed by atoms with E-state index in [-0.39, 0.29) is 0 Å². The molecule has 0 radical (unpaired) electrons. The lowest BCUT2D eigenvalue weighted by molar-refractivity contribution is 0.314. The summed E-state index contributed by atoms with van der Waals surface area (Å²) in [6, 6.07) is 16.1. The zero-order valence-corrected chi connectivity index (χ0v) is 13.3. The van der Waals surface area contributed by atoms with Crippen molar-refractivity contribution >= 4 is 17.4 Å². The summed E-state index contributed by atoms with van der Waals surface area (Å²) in [5, 5.41) is 3.41. The van der Waals surface area contributed by atoms with Crippen LogP contribution in [0.5, 0.6) is 11.5 Å². The van der Waals surface area contributed by atoms with Crippen LogP contribution in [-0.4, -0.2) is 26.5 Å². The van der Waals surface area contributed by atoms with Crippen LogP contribution in [0.25, 0.3) is 0 Å². The van der Waals surface area contributed by atoms with Gasteiger partial charge in [-0.05, 0) is 55.1 Å². The van der Waals surface area contributed by atoms with Gasteiger partial charge in [-0.15, -0.1) is 11.8 Å². The van der Waals surface area contributed by atoms with Gasteiger partial charge in [-0.1, -0.05) is 6.07 Å². The van der Waals surface area contributed by atoms with Crippen molar-refractivity contribution in [3.63, 3.8) is 0 Å². The predicted octanol–water partition coefficient (Wildman–Crippen LogP) is 4.30. The van der Waals surface area contributed by atoms with Crippen molar-refractivity contribution in [3.8, 4) is 11.5 Å². The van der Waals surface area contributed by atoms with E-state index in [4.69, 9.17) is 9.47 Å². The minimum absolute atomic E-state index is 0.696. The Morgan fingerprint density at radius 3 is 2.52 bits per heavy atom. The molecular weight excluding hydrogens is 282 g/mol. The molecule has 0 aliphatic rings. The topological polar surface area (TPSA) is 30.5 Å². The van der Waals surface area contributed by atoms with Crippen molar-refractivity contribution in [2.45, 2.75) is 11.3 Å². The number of nitrogens with one attached hydrogen (secondary N) is 1. The van der Waals surface area contributed by atoms with Crippen molar-refractivity contribution in [2.75, 3.05) is 31.8 Å². The smallest absolute Gasteiger partial charge is 0.119 e. The van der Waals surface area contributed by atoms with E-state index in [1.54, 1.807) is 18.9 Å². The average Bonchev–Trinajstić information content (AvgIpc) is 2.55. The highest BCUT2D eigenvalue weighted by Gasteiger charge is 1.97. The first kappa shape index (κ1) is 15.6. The SMILES string of the molecule is COc1ccc(OCCCNc2cccc(SC)c2)cc1. The zero-order chi connectivity index (χ0) is 14.9. The molecule has 0 aromatic heterocycles. The molecule has 21 heavy (non-hydrogen) atoms. The Morgan fingerprint density at radius 2 is 1.81 bits per heavy atom. The molecule has 3 nitrogen and oxygen atoms in total. The molecule has 0 atom stereocenters. The Labute approximate surface area is 130 Å². The first-order chi connectivity index (χ1) is 10.3. The lowest BCUT2D eigenvalue weighted by Gasteiger charge is -2.09. The van der Waals surface area contributed by atoms with Crippen LogP contribution >= 0.6 is 11.8 Å². The minimum atomic E-state index is 0.696. The molecule has 0 amide bonds. The van der Waals surface area contributed by atoms with Crippen molar-refractivity contribution in [3.05, 3.63) is 48.5 Å². The van der Waals surface area contributed by atoms with Crippen LogP contribution in [0.1, 0.15) is 6.42 Å². The highest BCUT2D eigenvalue weighted by Crippen LogP contribution is 2.19. The Morgan fingerprint density at radius 1 is 1.05 bits per heavy atom. The summed E-state index contributed by atoms with van der Waals surface area (Å²) in [6.45, 7) is 1.59. The Balaban J connectivity index is 1.67. The molecule has 0 saturated heterocycles. The van der Waals surface area contributed by atoms with E-state index in [9.17, 15) is 0 Å². The van der Waals surface area contributed by atoms with Gasteiger partial charge in [-0.3, -0.25) is 0 Å². The van der Waals surface area contributed by atoms with Gasteiger partial charge in [0.1, 0.15) is 11.5 Å². The van der Waals surface area contributed by atoms with Crippen LogP contribution in [0.15, 0.2) is 53.4 Å². The van der Waals surface area contributed by atoms with E-state index in [1.807, 2.05) is 24.3 Å². The van der Waals surface area contributed by atoms with E-state index in [0.717, 1.165) is 30.2 Å². The third-order valence-electron chi connectivity index (χ3n) is 3.05. The molecule has 2 rings (SSSR count). The van der Waals surface area contributed by atoms with E-state index < -0.39 is 0 Å². The molecule has 0 bridgehead atoms. The van der Waals surface area contributed by atoms with E-state index in [0.29, 0.717) is 6.61 Å². The molecule has 0 aliphatic heterocycles. The van der Waals surface area contributed by atoms with Crippen molar-refractivity contribution in [1.82, 2.24) is 0 Å². The normalized spacial score (nSPS) is 10.2. The molecule has 0 unspecified atom stereocenters. The molecule has 1 N–H and O–H groups in total. The van der Waals surface area contributed by atoms with Gasteiger partial charge >= 0.3 is 0 Å². The molecule has 112 valence electrons. The number of ether oxygens (including phenoxy) is 2. The van der Waals surface area contributed by atoms with Gasteiger partial charge in [0.05, 0.1) is 13.7 Å². The Kier molecular flexibility index (Phi) is 6.28. The van der Waals surface area contributed by atoms with Gasteiger partial charge in [0.25, 0.3) is 0 Å². The minimum Gasteiger partial charge on any atom is -0.497 e. The van der Waals surface area contributed by atoms with Crippen molar-refractivity contribution in [2.24, 2.45) is 0 Å². The maximum absolute atomic E-state index is 5.69. The molecule has 0 aliphatic carbocycles. The molecule has 0 heterocycles. The summed E-state index contributed by atoms with van der Waals surface area (Å²) in [5.74, 6) is 1.72. The molecule has 0 spiro atoms. The number of hydrogen-bond acceptors (Lipinski definition) is 4. The number of anilines is 1. The molecular formula is C17H21NO2S. The number of rotatable bonds is 8. The van der Waals surface area contributed by atoms with Gasteiger partial charge in [0.2, 0.25) is 0 Å². The first-order valence-corrected chi connectivity index (χ1v) is 8.19. The summed E-state index contributed by atoms with van der Waals surface area (Å²) in [7, 11) is 1.66. The largest absolute Gasteiger partial charge is 0.497 e. The summed E-state index contributed by atoms with van der Waals surface area (Å²) in [5.41, 5.74) is 1.16. The fourth-order valence-electron chi connectivity index (χ4n) is 1.90. The standard InChI is InChI=1S/C17H21NO2S/c1-19-15-7-9-16(10-8-15)20-12-4-11-18-14-5-3-6-17(13-14)21-2/h3,5-10,13,18H,4,11-12H2,1-2H3. The zero-order valence-electron chi connectivity index (χ0n) is 12.5. The van der Waals surface area contributed by atoms with Gasteiger partial charge < -0.3 is 14.8 Å². The van der Waals surface area contributed by atoms with Crippen molar-refractivity contribution in [1.29, 1.82) is 0 Å². The first-order valence-electron chi connectivity index (χ1n) is 6.96. The predicted molar refractivity (Wildman–Crippen MR) is 89.8 cm³/mol. The summed E-state index contributed by atoms with van der Waals surface area (Å²) < 4.78 is 10.8. The van der Waals surface area contributed by atoms with Gasteiger partial charge in [-0.25, -0.2) is 0 Å². The summed E-state index contributed by atoms with van der Waals surface area (Å²) >= 11 is 1.75. The van der Waals surface area contributed by atoms with Crippen LogP contribution in [-0.2, 0) is 0 Å². The van der Waals surface area contributed by atoms with E-state index >= 15 is 0 Å². The van der Waals surface area contributed by atoms with Gasteiger partial charge in [-0.2, -0.15) is 0 Å². The Bertz CT molecular complexity index is 543. The van der Waals surface area contributed by atoms with Crippen LogP contribution < -0.4 is 14.8 Å². The van der Waals surface area contributed by atoms with Gasteiger partial charge in [0, 0.05) is 17.1 Å². The fourth-order valence-corrected chi connectivity index (χ4v) is 2.36. The van der Waals surface area contributed by atoms with E-state index in [2.05, 4.69) is 35.8 Å². The number of benzene rings is 2. The summed E-state index contributed by atoms with van der Waals surface area (Å²) in [4.78, 5) is 1.27. The van der Waals surface area contributed by atoms with Crippen LogP contribution in [0.3, 0.4) is 0 Å². The molecule has 0 fully saturated rings. The third kappa shape index (κ3) is 5.23. The Hall–Kier alpha value is -1.81. The van der Waals surface area contributed by atoms with E-state index in [1.165, 1.54) is 4.90 Å². The molecule has 0 saturated carbocycles. The molecule has 2 aromatic rings. The summed E-state index contributed by atoms with van der Waals surface area (Å²) in [6.07, 6.45) is 3.04. The van der Waals surface area contributed by atoms with Crippen LogP contribution in [0.2, 0.25) is 0 Å². The van der Waals surface area contributed by atoms with Gasteiger partial charge in [0.15, 0.2) is 0 Å². The maximum atomic E-state index is 5.69.